The molecule has 3 heteroatoms. The van der Waals surface area contributed by atoms with E-state index in [0.29, 0.717) is 5.75 Å². The molecule has 0 amide bonds. The third-order valence-corrected chi connectivity index (χ3v) is 6.12. The van der Waals surface area contributed by atoms with Crippen molar-refractivity contribution >= 4 is 50.8 Å². The van der Waals surface area contributed by atoms with E-state index in [9.17, 15) is 0 Å². The fourth-order valence-electron chi connectivity index (χ4n) is 4.67. The first kappa shape index (κ1) is 18.0. The van der Waals surface area contributed by atoms with E-state index in [4.69, 9.17) is 9.68 Å². The van der Waals surface area contributed by atoms with Crippen LogP contribution in [0.2, 0.25) is 0 Å². The maximum absolute atomic E-state index is 9.02. The third-order valence-electron chi connectivity index (χ3n) is 6.12. The van der Waals surface area contributed by atoms with E-state index in [1.54, 1.807) is 0 Å². The fraction of sp³-hybridized carbons (Fsp3) is 0. The molecule has 0 fully saturated rings. The summed E-state index contributed by atoms with van der Waals surface area (Å²) in [6, 6.07) is 36.5. The van der Waals surface area contributed by atoms with Gasteiger partial charge in [0, 0.05) is 0 Å². The number of benzene rings is 6. The van der Waals surface area contributed by atoms with Gasteiger partial charge in [-0.15, -0.1) is 0 Å². The van der Waals surface area contributed by atoms with Gasteiger partial charge in [0.05, 0.1) is 0 Å². The van der Waals surface area contributed by atoms with Crippen molar-refractivity contribution < 1.29 is 9.68 Å². The molecule has 6 aromatic rings. The molecule has 31 heavy (non-hydrogen) atoms. The summed E-state index contributed by atoms with van der Waals surface area (Å²) in [6.45, 7) is 0. The van der Waals surface area contributed by atoms with Crippen molar-refractivity contribution in [3.05, 3.63) is 103 Å². The molecule has 0 unspecified atom stereocenters. The average molecular weight is 398 g/mol. The number of fused-ring (bicyclic) bond motifs is 6. The molecule has 0 heterocycles. The lowest BCUT2D eigenvalue weighted by Crippen LogP contribution is -1.99. The Kier molecular flexibility index (Phi) is 4.15. The number of hydrogen-bond acceptors (Lipinski definition) is 2. The summed E-state index contributed by atoms with van der Waals surface area (Å²) < 4.78 is 5.23. The topological polar surface area (TPSA) is 29.5 Å². The minimum Gasteiger partial charge on any atom is -0.539 e. The van der Waals surface area contributed by atoms with Gasteiger partial charge in [0.2, 0.25) is 0 Å². The lowest BCUT2D eigenvalue weighted by Gasteiger charge is -2.13. The second-order valence-electron chi connectivity index (χ2n) is 7.85. The highest BCUT2D eigenvalue weighted by Gasteiger charge is 2.10. The van der Waals surface area contributed by atoms with Crippen molar-refractivity contribution in [2.45, 2.75) is 0 Å². The van der Waals surface area contributed by atoms with Crippen LogP contribution in [0, 0.1) is 0 Å². The van der Waals surface area contributed by atoms with Crippen LogP contribution in [0.1, 0.15) is 0 Å². The Morgan fingerprint density at radius 2 is 1.13 bits per heavy atom. The Balaban J connectivity index is 1.58. The van der Waals surface area contributed by atoms with Crippen molar-refractivity contribution in [1.82, 2.24) is 0 Å². The normalized spacial score (nSPS) is 11.4. The van der Waals surface area contributed by atoms with E-state index in [2.05, 4.69) is 91.0 Å². The standard InChI is InChI=1S/C28H19BO2/c30-29-31-22-12-14-25-21(16-22)10-9-19-15-20(11-13-24(19)25)28-17-18-5-1-2-6-23(18)26-7-3-4-8-27(26)28/h1-17,29-30H. The van der Waals surface area contributed by atoms with E-state index in [0.717, 1.165) is 5.39 Å². The highest BCUT2D eigenvalue weighted by molar-refractivity contribution is 6.18. The molecule has 0 saturated heterocycles. The lowest BCUT2D eigenvalue weighted by molar-refractivity contribution is 0.454. The van der Waals surface area contributed by atoms with Gasteiger partial charge in [-0.2, -0.15) is 0 Å². The first-order valence-corrected chi connectivity index (χ1v) is 10.4. The fourth-order valence-corrected chi connectivity index (χ4v) is 4.67. The zero-order valence-corrected chi connectivity index (χ0v) is 16.9. The van der Waals surface area contributed by atoms with Gasteiger partial charge in [-0.25, -0.2) is 0 Å². The van der Waals surface area contributed by atoms with Gasteiger partial charge >= 0.3 is 7.69 Å². The molecule has 0 aromatic heterocycles. The van der Waals surface area contributed by atoms with Gasteiger partial charge in [-0.3, -0.25) is 0 Å². The maximum atomic E-state index is 9.02. The highest BCUT2D eigenvalue weighted by Crippen LogP contribution is 2.37. The summed E-state index contributed by atoms with van der Waals surface area (Å²) >= 11 is 0. The van der Waals surface area contributed by atoms with E-state index in [1.807, 2.05) is 12.1 Å². The molecular formula is C28H19BO2. The van der Waals surface area contributed by atoms with Crippen LogP contribution < -0.4 is 4.65 Å². The minimum atomic E-state index is -0.317. The van der Waals surface area contributed by atoms with E-state index < -0.39 is 0 Å². The molecule has 0 aliphatic carbocycles. The van der Waals surface area contributed by atoms with Gasteiger partial charge in [-0.1, -0.05) is 78.9 Å². The number of hydrogen-bond donors (Lipinski definition) is 1. The van der Waals surface area contributed by atoms with E-state index >= 15 is 0 Å². The molecule has 0 aliphatic rings. The summed E-state index contributed by atoms with van der Waals surface area (Å²) in [7, 11) is -0.317. The summed E-state index contributed by atoms with van der Waals surface area (Å²) in [5.41, 5.74) is 2.47. The predicted molar refractivity (Wildman–Crippen MR) is 132 cm³/mol. The Labute approximate surface area is 180 Å². The lowest BCUT2D eigenvalue weighted by atomic mass is 9.91. The SMILES string of the molecule is OBOc1ccc2c(ccc3cc(-c4cc5ccccc5c5ccccc45)ccc32)c1. The largest absolute Gasteiger partial charge is 0.539 e. The predicted octanol–water partition coefficient (Wildman–Crippen LogP) is 6.60. The third kappa shape index (κ3) is 2.94. The summed E-state index contributed by atoms with van der Waals surface area (Å²) in [5, 5.41) is 18.8. The van der Waals surface area contributed by atoms with Gasteiger partial charge in [-0.05, 0) is 78.5 Å². The Morgan fingerprint density at radius 3 is 1.94 bits per heavy atom. The summed E-state index contributed by atoms with van der Waals surface area (Å²) in [6.07, 6.45) is 0. The molecule has 2 nitrogen and oxygen atoms in total. The zero-order valence-electron chi connectivity index (χ0n) is 16.9. The molecule has 0 atom stereocenters. The first-order valence-electron chi connectivity index (χ1n) is 10.4. The van der Waals surface area contributed by atoms with E-state index in [-0.39, 0.29) is 7.69 Å². The Morgan fingerprint density at radius 1 is 0.516 bits per heavy atom. The molecule has 0 saturated carbocycles. The van der Waals surface area contributed by atoms with E-state index in [1.165, 1.54) is 48.8 Å². The summed E-state index contributed by atoms with van der Waals surface area (Å²) in [5.74, 6) is 0.675. The van der Waals surface area contributed by atoms with Crippen LogP contribution in [-0.2, 0) is 0 Å². The smallest absolute Gasteiger partial charge is 0.504 e. The van der Waals surface area contributed by atoms with Gasteiger partial charge in [0.25, 0.3) is 0 Å². The van der Waals surface area contributed by atoms with Gasteiger partial charge < -0.3 is 9.68 Å². The van der Waals surface area contributed by atoms with Crippen LogP contribution in [0.3, 0.4) is 0 Å². The average Bonchev–Trinajstić information content (AvgIpc) is 2.83. The molecule has 1 N–H and O–H groups in total. The molecule has 6 aromatic carbocycles. The quantitative estimate of drug-likeness (QED) is 0.269. The molecule has 0 radical (unpaired) electrons. The van der Waals surface area contributed by atoms with Crippen molar-refractivity contribution in [2.75, 3.05) is 0 Å². The maximum Gasteiger partial charge on any atom is 0.504 e. The second kappa shape index (κ2) is 7.15. The second-order valence-corrected chi connectivity index (χ2v) is 7.85. The van der Waals surface area contributed by atoms with Crippen molar-refractivity contribution in [3.63, 3.8) is 0 Å². The highest BCUT2D eigenvalue weighted by atomic mass is 16.5. The van der Waals surface area contributed by atoms with Crippen molar-refractivity contribution in [1.29, 1.82) is 0 Å². The van der Waals surface area contributed by atoms with Crippen LogP contribution in [-0.4, -0.2) is 12.7 Å². The molecule has 146 valence electrons. The number of rotatable bonds is 3. The van der Waals surface area contributed by atoms with Crippen LogP contribution >= 0.6 is 0 Å². The van der Waals surface area contributed by atoms with Gasteiger partial charge in [0.1, 0.15) is 5.75 Å². The summed E-state index contributed by atoms with van der Waals surface area (Å²) in [4.78, 5) is 0. The minimum absolute atomic E-state index is 0.317. The molecule has 0 spiro atoms. The van der Waals surface area contributed by atoms with Crippen LogP contribution in [0.5, 0.6) is 5.75 Å². The monoisotopic (exact) mass is 398 g/mol. The molecular weight excluding hydrogens is 379 g/mol. The molecule has 6 rings (SSSR count). The van der Waals surface area contributed by atoms with Gasteiger partial charge in [0.15, 0.2) is 0 Å². The van der Waals surface area contributed by atoms with Crippen LogP contribution in [0.25, 0.3) is 54.2 Å². The Hall–Kier alpha value is -3.82. The Bertz CT molecular complexity index is 1600. The van der Waals surface area contributed by atoms with Crippen molar-refractivity contribution in [3.8, 4) is 16.9 Å². The van der Waals surface area contributed by atoms with Crippen LogP contribution in [0.15, 0.2) is 103 Å². The van der Waals surface area contributed by atoms with Crippen LogP contribution in [0.4, 0.5) is 0 Å². The molecule has 0 bridgehead atoms. The first-order chi connectivity index (χ1) is 15.3. The van der Waals surface area contributed by atoms with Crippen molar-refractivity contribution in [2.24, 2.45) is 0 Å². The zero-order chi connectivity index (χ0) is 20.8. The molecule has 0 aliphatic heterocycles.